The molecule has 8 heteroatoms. The molecule has 1 heterocycles. The van der Waals surface area contributed by atoms with E-state index in [2.05, 4.69) is 0 Å². The van der Waals surface area contributed by atoms with E-state index in [4.69, 9.17) is 5.11 Å². The van der Waals surface area contributed by atoms with Crippen LogP contribution in [0.2, 0.25) is 0 Å². The van der Waals surface area contributed by atoms with Crippen LogP contribution in [-0.4, -0.2) is 29.1 Å². The topological polar surface area (TPSA) is 40.5 Å². The molecular weight excluding hydrogens is 297 g/mol. The third-order valence-corrected chi connectivity index (χ3v) is 3.52. The van der Waals surface area contributed by atoms with Crippen LogP contribution in [0.5, 0.6) is 0 Å². The van der Waals surface area contributed by atoms with Crippen LogP contribution < -0.4 is 0 Å². The fourth-order valence-electron chi connectivity index (χ4n) is 2.48. The van der Waals surface area contributed by atoms with E-state index in [0.29, 0.717) is 13.0 Å². The Morgan fingerprint density at radius 1 is 1.05 bits per heavy atom. The molecule has 0 amide bonds. The summed E-state index contributed by atoms with van der Waals surface area (Å²) in [5, 5.41) is 8.66. The minimum absolute atomic E-state index is 0.0897. The van der Waals surface area contributed by atoms with Gasteiger partial charge in [0, 0.05) is 25.1 Å². The van der Waals surface area contributed by atoms with Gasteiger partial charge in [0.2, 0.25) is 5.82 Å². The van der Waals surface area contributed by atoms with Gasteiger partial charge in [-0.3, -0.25) is 9.69 Å². The standard InChI is InChI=1S/C13H12F5NO2/c14-9-7(10(15)12(17)13(18)11(9)16)5-19-2-1-6(4-19)3-8(20)21/h6H,1-5H2,(H,20,21). The maximum absolute atomic E-state index is 13.5. The van der Waals surface area contributed by atoms with Crippen molar-refractivity contribution in [1.29, 1.82) is 0 Å². The van der Waals surface area contributed by atoms with E-state index in [0.717, 1.165) is 0 Å². The molecule has 1 aromatic rings. The van der Waals surface area contributed by atoms with Crippen molar-refractivity contribution in [3.63, 3.8) is 0 Å². The lowest BCUT2D eigenvalue weighted by Gasteiger charge is -2.17. The number of carbonyl (C=O) groups is 1. The molecule has 21 heavy (non-hydrogen) atoms. The zero-order valence-corrected chi connectivity index (χ0v) is 10.8. The fourth-order valence-corrected chi connectivity index (χ4v) is 2.48. The zero-order chi connectivity index (χ0) is 15.7. The number of halogens is 5. The number of carboxylic acids is 1. The minimum atomic E-state index is -2.18. The molecule has 1 aliphatic rings. The van der Waals surface area contributed by atoms with Gasteiger partial charge in [0.1, 0.15) is 0 Å². The van der Waals surface area contributed by atoms with E-state index in [1.165, 1.54) is 4.90 Å². The van der Waals surface area contributed by atoms with E-state index >= 15 is 0 Å². The van der Waals surface area contributed by atoms with Crippen LogP contribution in [0.3, 0.4) is 0 Å². The van der Waals surface area contributed by atoms with Crippen LogP contribution in [0.15, 0.2) is 0 Å². The normalized spacial score (nSPS) is 19.2. The molecule has 0 radical (unpaired) electrons. The number of rotatable bonds is 4. The van der Waals surface area contributed by atoms with E-state index < -0.39 is 47.2 Å². The van der Waals surface area contributed by atoms with Crippen molar-refractivity contribution in [3.8, 4) is 0 Å². The van der Waals surface area contributed by atoms with E-state index in [-0.39, 0.29) is 18.9 Å². The highest BCUT2D eigenvalue weighted by Gasteiger charge is 2.30. The molecule has 1 unspecified atom stereocenters. The highest BCUT2D eigenvalue weighted by Crippen LogP contribution is 2.27. The van der Waals surface area contributed by atoms with Crippen LogP contribution in [0.4, 0.5) is 22.0 Å². The molecule has 1 saturated heterocycles. The van der Waals surface area contributed by atoms with Crippen molar-refractivity contribution < 1.29 is 31.9 Å². The van der Waals surface area contributed by atoms with Gasteiger partial charge in [0.15, 0.2) is 23.3 Å². The molecule has 0 bridgehead atoms. The summed E-state index contributed by atoms with van der Waals surface area (Å²) in [7, 11) is 0. The average Bonchev–Trinajstić information content (AvgIpc) is 2.85. The van der Waals surface area contributed by atoms with Gasteiger partial charge < -0.3 is 5.11 Å². The summed E-state index contributed by atoms with van der Waals surface area (Å²) in [6, 6.07) is 0. The third kappa shape index (κ3) is 3.15. The van der Waals surface area contributed by atoms with E-state index in [9.17, 15) is 26.7 Å². The quantitative estimate of drug-likeness (QED) is 0.528. The molecule has 0 aliphatic carbocycles. The fraction of sp³-hybridized carbons (Fsp3) is 0.462. The molecule has 1 aromatic carbocycles. The van der Waals surface area contributed by atoms with Crippen molar-refractivity contribution in [1.82, 2.24) is 4.90 Å². The number of likely N-dealkylation sites (tertiary alicyclic amines) is 1. The SMILES string of the molecule is O=C(O)CC1CCN(Cc2c(F)c(F)c(F)c(F)c2F)C1. The number of benzene rings is 1. The summed E-state index contributed by atoms with van der Waals surface area (Å²) >= 11 is 0. The monoisotopic (exact) mass is 309 g/mol. The second kappa shape index (κ2) is 5.97. The summed E-state index contributed by atoms with van der Waals surface area (Å²) in [6.07, 6.45) is 0.412. The molecule has 1 fully saturated rings. The predicted octanol–water partition coefficient (Wildman–Crippen LogP) is 2.68. The molecule has 1 aliphatic heterocycles. The first-order valence-electron chi connectivity index (χ1n) is 6.25. The molecular formula is C13H12F5NO2. The number of nitrogens with zero attached hydrogens (tertiary/aromatic N) is 1. The highest BCUT2D eigenvalue weighted by molar-refractivity contribution is 5.67. The molecule has 0 spiro atoms. The summed E-state index contributed by atoms with van der Waals surface area (Å²) < 4.78 is 66.1. The maximum atomic E-state index is 13.5. The van der Waals surface area contributed by atoms with Gasteiger partial charge in [0.25, 0.3) is 0 Å². The van der Waals surface area contributed by atoms with Gasteiger partial charge in [-0.2, -0.15) is 0 Å². The Hall–Kier alpha value is -1.70. The van der Waals surface area contributed by atoms with Gasteiger partial charge in [-0.15, -0.1) is 0 Å². The lowest BCUT2D eigenvalue weighted by molar-refractivity contribution is -0.138. The molecule has 3 nitrogen and oxygen atoms in total. The Kier molecular flexibility index (Phi) is 4.46. The number of aliphatic carboxylic acids is 1. The first-order valence-corrected chi connectivity index (χ1v) is 6.25. The average molecular weight is 309 g/mol. The van der Waals surface area contributed by atoms with Crippen molar-refractivity contribution in [2.24, 2.45) is 5.92 Å². The van der Waals surface area contributed by atoms with Crippen LogP contribution >= 0.6 is 0 Å². The van der Waals surface area contributed by atoms with Gasteiger partial charge in [-0.05, 0) is 18.9 Å². The summed E-state index contributed by atoms with van der Waals surface area (Å²) in [5.41, 5.74) is -0.887. The van der Waals surface area contributed by atoms with Crippen LogP contribution in [0.25, 0.3) is 0 Å². The van der Waals surface area contributed by atoms with E-state index in [1.54, 1.807) is 0 Å². The Morgan fingerprint density at radius 3 is 2.10 bits per heavy atom. The van der Waals surface area contributed by atoms with Crippen molar-refractivity contribution in [2.45, 2.75) is 19.4 Å². The second-order valence-electron chi connectivity index (χ2n) is 5.04. The Balaban J connectivity index is 2.16. The first kappa shape index (κ1) is 15.7. The predicted molar refractivity (Wildman–Crippen MR) is 61.9 cm³/mol. The zero-order valence-electron chi connectivity index (χ0n) is 10.8. The highest BCUT2D eigenvalue weighted by atomic mass is 19.2. The van der Waals surface area contributed by atoms with Gasteiger partial charge in [-0.1, -0.05) is 0 Å². The maximum Gasteiger partial charge on any atom is 0.303 e. The van der Waals surface area contributed by atoms with Crippen molar-refractivity contribution >= 4 is 5.97 Å². The van der Waals surface area contributed by atoms with Gasteiger partial charge >= 0.3 is 5.97 Å². The molecule has 1 atom stereocenters. The first-order chi connectivity index (χ1) is 9.81. The molecule has 0 saturated carbocycles. The smallest absolute Gasteiger partial charge is 0.303 e. The van der Waals surface area contributed by atoms with Crippen LogP contribution in [0.1, 0.15) is 18.4 Å². The Labute approximate surface area is 117 Å². The number of hydrogen-bond donors (Lipinski definition) is 1. The molecule has 0 aromatic heterocycles. The third-order valence-electron chi connectivity index (χ3n) is 3.52. The lowest BCUT2D eigenvalue weighted by atomic mass is 10.1. The Bertz CT molecular complexity index is 549. The summed E-state index contributed by atoms with van der Waals surface area (Å²) in [5.74, 6) is -11.0. The van der Waals surface area contributed by atoms with Crippen molar-refractivity contribution in [2.75, 3.05) is 13.1 Å². The minimum Gasteiger partial charge on any atom is -0.481 e. The molecule has 1 N–H and O–H groups in total. The van der Waals surface area contributed by atoms with E-state index in [1.807, 2.05) is 0 Å². The largest absolute Gasteiger partial charge is 0.481 e. The van der Waals surface area contributed by atoms with Gasteiger partial charge in [-0.25, -0.2) is 22.0 Å². The number of carboxylic acid groups (broad SMARTS) is 1. The molecule has 2 rings (SSSR count). The Morgan fingerprint density at radius 2 is 1.57 bits per heavy atom. The summed E-state index contributed by atoms with van der Waals surface area (Å²) in [6.45, 7) is 0.144. The second-order valence-corrected chi connectivity index (χ2v) is 5.04. The van der Waals surface area contributed by atoms with Crippen LogP contribution in [-0.2, 0) is 11.3 Å². The van der Waals surface area contributed by atoms with Gasteiger partial charge in [0.05, 0.1) is 0 Å². The van der Waals surface area contributed by atoms with Crippen LogP contribution in [0, 0.1) is 35.0 Å². The summed E-state index contributed by atoms with van der Waals surface area (Å²) in [4.78, 5) is 12.1. The molecule has 116 valence electrons. The lowest BCUT2D eigenvalue weighted by Crippen LogP contribution is -2.23. The number of hydrogen-bond acceptors (Lipinski definition) is 2. The van der Waals surface area contributed by atoms with Crippen molar-refractivity contribution in [3.05, 3.63) is 34.6 Å².